The molecule has 2 aliphatic heterocycles. The lowest BCUT2D eigenvalue weighted by atomic mass is 9.84. The van der Waals surface area contributed by atoms with Gasteiger partial charge in [0.2, 0.25) is 11.8 Å². The summed E-state index contributed by atoms with van der Waals surface area (Å²) in [6.07, 6.45) is 5.85. The molecule has 0 radical (unpaired) electrons. The van der Waals surface area contributed by atoms with Gasteiger partial charge in [-0.15, -0.1) is 0 Å². The Morgan fingerprint density at radius 2 is 1.72 bits per heavy atom. The molecule has 36 heavy (non-hydrogen) atoms. The number of amides is 2. The highest BCUT2D eigenvalue weighted by Gasteiger charge is 2.41. The molecular formula is C27H35N3O5S. The summed E-state index contributed by atoms with van der Waals surface area (Å²) in [5.41, 5.74) is 8.14. The van der Waals surface area contributed by atoms with Gasteiger partial charge in [-0.25, -0.2) is 8.42 Å². The van der Waals surface area contributed by atoms with Gasteiger partial charge in [0.1, 0.15) is 11.5 Å². The number of phenols is 1. The minimum absolute atomic E-state index is 0.184. The number of fused-ring (bicyclic) bond motifs is 2. The smallest absolute Gasteiger partial charge is 0.248 e. The lowest BCUT2D eigenvalue weighted by Gasteiger charge is -2.40. The first-order valence-corrected chi connectivity index (χ1v) is 14.5. The second kappa shape index (κ2) is 11.0. The third-order valence-corrected chi connectivity index (χ3v) is 8.27. The minimum atomic E-state index is -3.43. The molecule has 2 aliphatic rings. The van der Waals surface area contributed by atoms with Crippen LogP contribution >= 0.6 is 0 Å². The van der Waals surface area contributed by atoms with E-state index in [2.05, 4.69) is 11.0 Å². The highest BCUT2D eigenvalue weighted by Crippen LogP contribution is 2.43. The van der Waals surface area contributed by atoms with E-state index in [1.165, 1.54) is 0 Å². The van der Waals surface area contributed by atoms with Gasteiger partial charge >= 0.3 is 0 Å². The lowest BCUT2D eigenvalue weighted by molar-refractivity contribution is -0.128. The number of piperidine rings is 1. The van der Waals surface area contributed by atoms with Gasteiger partial charge < -0.3 is 15.7 Å². The summed E-state index contributed by atoms with van der Waals surface area (Å²) < 4.78 is 23.6. The van der Waals surface area contributed by atoms with E-state index in [1.807, 2.05) is 24.3 Å². The van der Waals surface area contributed by atoms with Gasteiger partial charge in [-0.05, 0) is 73.4 Å². The molecule has 194 valence electrons. The molecule has 2 saturated heterocycles. The fourth-order valence-electron chi connectivity index (χ4n) is 5.70. The average Bonchev–Trinajstić information content (AvgIpc) is 3.05. The van der Waals surface area contributed by atoms with Crippen molar-refractivity contribution in [2.45, 2.75) is 50.1 Å². The molecule has 2 bridgehead atoms. The van der Waals surface area contributed by atoms with E-state index in [-0.39, 0.29) is 11.7 Å². The van der Waals surface area contributed by atoms with Gasteiger partial charge in [0.25, 0.3) is 0 Å². The fraction of sp³-hybridized carbons (Fsp3) is 0.481. The standard InChI is InChI=1S/C27H35N3O5S/c1-36(34,35)18-26(32)29(12-11-19-5-9-25(31)10-6-19)13-14-30-23-7-8-24(30)17-22(16-23)20-3-2-4-21(15-20)27(28)33/h2-6,9-10,15,22-24,31H,7-8,11-14,16-18H2,1H3,(H2,28,33). The molecule has 3 N–H and O–H groups in total. The molecule has 0 aliphatic carbocycles. The summed E-state index contributed by atoms with van der Waals surface area (Å²) >= 11 is 0. The van der Waals surface area contributed by atoms with E-state index >= 15 is 0 Å². The molecule has 4 rings (SSSR count). The number of phenolic OH excluding ortho intramolecular Hbond substituents is 1. The van der Waals surface area contributed by atoms with Gasteiger partial charge in [0.05, 0.1) is 0 Å². The quantitative estimate of drug-likeness (QED) is 0.503. The van der Waals surface area contributed by atoms with Crippen molar-refractivity contribution in [2.75, 3.05) is 31.6 Å². The Bertz CT molecular complexity index is 1180. The van der Waals surface area contributed by atoms with Crippen LogP contribution in [0.2, 0.25) is 0 Å². The van der Waals surface area contributed by atoms with Gasteiger partial charge in [0.15, 0.2) is 9.84 Å². The summed E-state index contributed by atoms with van der Waals surface area (Å²) in [7, 11) is -3.43. The van der Waals surface area contributed by atoms with Crippen LogP contribution in [-0.2, 0) is 21.1 Å². The number of hydrogen-bond acceptors (Lipinski definition) is 6. The Labute approximate surface area is 213 Å². The molecule has 2 amide bonds. The number of hydrogen-bond donors (Lipinski definition) is 2. The normalized spacial score (nSPS) is 21.9. The van der Waals surface area contributed by atoms with Crippen LogP contribution in [0.25, 0.3) is 0 Å². The molecule has 8 nitrogen and oxygen atoms in total. The largest absolute Gasteiger partial charge is 0.508 e. The Balaban J connectivity index is 1.40. The Hall–Kier alpha value is -2.91. The first-order valence-electron chi connectivity index (χ1n) is 12.5. The van der Waals surface area contributed by atoms with Crippen molar-refractivity contribution in [1.29, 1.82) is 0 Å². The Morgan fingerprint density at radius 3 is 2.33 bits per heavy atom. The summed E-state index contributed by atoms with van der Waals surface area (Å²) in [5, 5.41) is 9.51. The number of sulfone groups is 1. The molecule has 2 unspecified atom stereocenters. The highest BCUT2D eigenvalue weighted by molar-refractivity contribution is 7.91. The Morgan fingerprint density at radius 1 is 1.06 bits per heavy atom. The number of aromatic hydroxyl groups is 1. The Kier molecular flexibility index (Phi) is 8.00. The predicted octanol–water partition coefficient (Wildman–Crippen LogP) is 2.32. The molecule has 9 heteroatoms. The number of nitrogens with zero attached hydrogens (tertiary/aromatic N) is 2. The maximum Gasteiger partial charge on any atom is 0.248 e. The first-order chi connectivity index (χ1) is 17.1. The number of carbonyl (C=O) groups excluding carboxylic acids is 2. The van der Waals surface area contributed by atoms with Crippen LogP contribution in [0, 0.1) is 0 Å². The van der Waals surface area contributed by atoms with Crippen LogP contribution in [0.15, 0.2) is 48.5 Å². The third-order valence-electron chi connectivity index (χ3n) is 7.50. The first kappa shape index (κ1) is 26.2. The van der Waals surface area contributed by atoms with Crippen LogP contribution < -0.4 is 5.73 Å². The molecular weight excluding hydrogens is 478 g/mol. The molecule has 0 saturated carbocycles. The van der Waals surface area contributed by atoms with Crippen LogP contribution in [0.5, 0.6) is 5.75 Å². The maximum absolute atomic E-state index is 12.9. The minimum Gasteiger partial charge on any atom is -0.508 e. The van der Waals surface area contributed by atoms with Crippen molar-refractivity contribution in [2.24, 2.45) is 5.73 Å². The van der Waals surface area contributed by atoms with E-state index < -0.39 is 21.5 Å². The zero-order chi connectivity index (χ0) is 25.9. The highest BCUT2D eigenvalue weighted by atomic mass is 32.2. The number of carbonyl (C=O) groups is 2. The monoisotopic (exact) mass is 513 g/mol. The average molecular weight is 514 g/mol. The van der Waals surface area contributed by atoms with Crippen LogP contribution in [0.4, 0.5) is 0 Å². The van der Waals surface area contributed by atoms with E-state index in [9.17, 15) is 23.1 Å². The summed E-state index contributed by atoms with van der Waals surface area (Å²) in [6, 6.07) is 15.3. The van der Waals surface area contributed by atoms with E-state index in [0.717, 1.165) is 43.1 Å². The van der Waals surface area contributed by atoms with Gasteiger partial charge in [0, 0.05) is 43.5 Å². The molecule has 0 spiro atoms. The fourth-order valence-corrected chi connectivity index (χ4v) is 6.33. The van der Waals surface area contributed by atoms with Crippen LogP contribution in [-0.4, -0.2) is 78.9 Å². The van der Waals surface area contributed by atoms with Gasteiger partial charge in [-0.1, -0.05) is 24.3 Å². The second-order valence-electron chi connectivity index (χ2n) is 10.1. The van der Waals surface area contributed by atoms with E-state index in [4.69, 9.17) is 5.73 Å². The zero-order valence-corrected chi connectivity index (χ0v) is 21.5. The zero-order valence-electron chi connectivity index (χ0n) is 20.7. The van der Waals surface area contributed by atoms with Crippen molar-refractivity contribution in [3.05, 3.63) is 65.2 Å². The molecule has 0 aromatic heterocycles. The second-order valence-corrected chi connectivity index (χ2v) is 12.3. The van der Waals surface area contributed by atoms with Gasteiger partial charge in [-0.3, -0.25) is 14.5 Å². The third kappa shape index (κ3) is 6.64. The molecule has 2 aromatic rings. The summed E-state index contributed by atoms with van der Waals surface area (Å²) in [6.45, 7) is 1.60. The summed E-state index contributed by atoms with van der Waals surface area (Å²) in [5.74, 6) is -0.724. The maximum atomic E-state index is 12.9. The topological polar surface area (TPSA) is 121 Å². The molecule has 2 heterocycles. The lowest BCUT2D eigenvalue weighted by Crippen LogP contribution is -2.48. The van der Waals surface area contributed by atoms with E-state index in [0.29, 0.717) is 49.6 Å². The number of primary amides is 1. The van der Waals surface area contributed by atoms with Crippen molar-refractivity contribution >= 4 is 21.7 Å². The molecule has 2 aromatic carbocycles. The van der Waals surface area contributed by atoms with Crippen molar-refractivity contribution in [3.63, 3.8) is 0 Å². The molecule has 2 fully saturated rings. The SMILES string of the molecule is CS(=O)(=O)CC(=O)N(CCc1ccc(O)cc1)CCN1C2CCC1CC(c1cccc(C(N)=O)c1)C2. The van der Waals surface area contributed by atoms with Crippen molar-refractivity contribution < 1.29 is 23.1 Å². The number of rotatable bonds is 10. The van der Waals surface area contributed by atoms with Crippen molar-refractivity contribution in [1.82, 2.24) is 9.80 Å². The van der Waals surface area contributed by atoms with Crippen LogP contribution in [0.1, 0.15) is 53.1 Å². The molecule has 2 atom stereocenters. The number of benzene rings is 2. The van der Waals surface area contributed by atoms with Crippen LogP contribution in [0.3, 0.4) is 0 Å². The van der Waals surface area contributed by atoms with Crippen molar-refractivity contribution in [3.8, 4) is 5.75 Å². The predicted molar refractivity (Wildman–Crippen MR) is 139 cm³/mol. The summed E-state index contributed by atoms with van der Waals surface area (Å²) in [4.78, 5) is 28.6. The van der Waals surface area contributed by atoms with Gasteiger partial charge in [-0.2, -0.15) is 0 Å². The number of nitrogens with two attached hydrogens (primary N) is 1. The van der Waals surface area contributed by atoms with E-state index in [1.54, 1.807) is 23.1 Å².